The van der Waals surface area contributed by atoms with E-state index in [0.29, 0.717) is 22.8 Å². The first-order valence-corrected chi connectivity index (χ1v) is 11.2. The Morgan fingerprint density at radius 2 is 1.90 bits per heavy atom. The monoisotopic (exact) mass is 446 g/mol. The molecule has 8 heteroatoms. The van der Waals surface area contributed by atoms with E-state index >= 15 is 0 Å². The molecule has 0 radical (unpaired) electrons. The molecule has 1 atom stereocenters. The topological polar surface area (TPSA) is 73.8 Å². The van der Waals surface area contributed by atoms with Gasteiger partial charge in [0.1, 0.15) is 0 Å². The molecule has 0 aliphatic carbocycles. The molecule has 0 fully saturated rings. The van der Waals surface area contributed by atoms with Crippen LogP contribution in [-0.4, -0.2) is 34.0 Å². The second-order valence-corrected chi connectivity index (χ2v) is 9.55. The summed E-state index contributed by atoms with van der Waals surface area (Å²) in [6.07, 6.45) is 0.219. The van der Waals surface area contributed by atoms with Gasteiger partial charge in [0.15, 0.2) is 5.17 Å². The van der Waals surface area contributed by atoms with Gasteiger partial charge in [0.05, 0.1) is 23.7 Å². The second-order valence-electron chi connectivity index (χ2n) is 8.28. The summed E-state index contributed by atoms with van der Waals surface area (Å²) in [7, 11) is 0. The number of amidine groups is 1. The van der Waals surface area contributed by atoms with Crippen molar-refractivity contribution in [3.8, 4) is 0 Å². The molecule has 0 spiro atoms. The van der Waals surface area contributed by atoms with Crippen LogP contribution in [0.3, 0.4) is 0 Å². The number of nitrogens with one attached hydrogen (secondary N) is 2. The number of nitrogens with zero attached hydrogens (tertiary/aromatic N) is 2. The molecule has 0 saturated carbocycles. The fourth-order valence-electron chi connectivity index (χ4n) is 3.45. The van der Waals surface area contributed by atoms with E-state index in [1.165, 1.54) is 11.8 Å². The van der Waals surface area contributed by atoms with Gasteiger partial charge in [-0.05, 0) is 57.7 Å². The van der Waals surface area contributed by atoms with Crippen LogP contribution in [0.25, 0.3) is 0 Å². The van der Waals surface area contributed by atoms with Crippen LogP contribution < -0.4 is 10.6 Å². The molecule has 1 aromatic carbocycles. The lowest BCUT2D eigenvalue weighted by molar-refractivity contribution is -0.120. The van der Waals surface area contributed by atoms with Crippen LogP contribution in [0.2, 0.25) is 5.02 Å². The third kappa shape index (κ3) is 4.90. The molecule has 3 rings (SSSR count). The molecule has 2 aliphatic rings. The second kappa shape index (κ2) is 8.86. The fraction of sp³-hybridized carbons (Fsp3) is 0.409. The van der Waals surface area contributed by atoms with E-state index in [1.807, 2.05) is 69.2 Å². The first-order chi connectivity index (χ1) is 14.1. The summed E-state index contributed by atoms with van der Waals surface area (Å²) in [5, 5.41) is 9.23. The van der Waals surface area contributed by atoms with E-state index in [-0.39, 0.29) is 18.2 Å². The summed E-state index contributed by atoms with van der Waals surface area (Å²) in [6, 6.07) is 7.06. The lowest BCUT2D eigenvalue weighted by Gasteiger charge is -2.37. The van der Waals surface area contributed by atoms with Crippen molar-refractivity contribution in [2.24, 2.45) is 4.99 Å². The van der Waals surface area contributed by atoms with Crippen LogP contribution in [0.15, 0.2) is 51.6 Å². The van der Waals surface area contributed by atoms with Crippen molar-refractivity contribution in [3.05, 3.63) is 57.2 Å². The van der Waals surface area contributed by atoms with Crippen molar-refractivity contribution in [1.29, 1.82) is 0 Å². The predicted molar refractivity (Wildman–Crippen MR) is 123 cm³/mol. The normalized spacial score (nSPS) is 18.6. The zero-order valence-electron chi connectivity index (χ0n) is 17.9. The highest BCUT2D eigenvalue weighted by Crippen LogP contribution is 2.44. The highest BCUT2D eigenvalue weighted by atomic mass is 35.5. The van der Waals surface area contributed by atoms with Crippen molar-refractivity contribution in [2.75, 3.05) is 6.54 Å². The average Bonchev–Trinajstić information content (AvgIpc) is 3.02. The highest BCUT2D eigenvalue weighted by molar-refractivity contribution is 8.16. The maximum Gasteiger partial charge on any atom is 0.251 e. The molecule has 30 heavy (non-hydrogen) atoms. The number of allylic oxidation sites excluding steroid dienone is 1. The molecule has 1 aromatic rings. The van der Waals surface area contributed by atoms with E-state index in [1.54, 1.807) is 0 Å². The van der Waals surface area contributed by atoms with Gasteiger partial charge >= 0.3 is 0 Å². The summed E-state index contributed by atoms with van der Waals surface area (Å²) in [4.78, 5) is 32.3. The number of hydrogen-bond acceptors (Lipinski definition) is 5. The van der Waals surface area contributed by atoms with Crippen LogP contribution in [-0.2, 0) is 9.59 Å². The summed E-state index contributed by atoms with van der Waals surface area (Å²) in [6.45, 7) is 10.2. The van der Waals surface area contributed by atoms with E-state index in [9.17, 15) is 9.59 Å². The Morgan fingerprint density at radius 1 is 1.23 bits per heavy atom. The number of rotatable bonds is 5. The standard InChI is InChI=1S/C22H27ClN4O2S/c1-6-24-17(28)11-16-12-30-21-25-13(2)18(20(29)26-22(3,4)5)19(27(16)21)14-7-9-15(23)10-8-14/h7-10,12,19H,6,11H2,1-5H3,(H,24,28)(H,26,29). The maximum atomic E-state index is 13.3. The van der Waals surface area contributed by atoms with E-state index in [0.717, 1.165) is 16.4 Å². The maximum absolute atomic E-state index is 13.3. The van der Waals surface area contributed by atoms with Crippen LogP contribution >= 0.6 is 23.4 Å². The van der Waals surface area contributed by atoms with E-state index < -0.39 is 11.6 Å². The first-order valence-electron chi connectivity index (χ1n) is 9.89. The molecule has 6 nitrogen and oxygen atoms in total. The van der Waals surface area contributed by atoms with Crippen molar-refractivity contribution >= 4 is 40.3 Å². The SMILES string of the molecule is CCNC(=O)CC1=CSC2=NC(C)=C(C(=O)NC(C)(C)C)C(c3ccc(Cl)cc3)N12. The van der Waals surface area contributed by atoms with Gasteiger partial charge in [-0.25, -0.2) is 4.99 Å². The molecular formula is C22H27ClN4O2S. The molecule has 2 amide bonds. The number of thioether (sulfide) groups is 1. The summed E-state index contributed by atoms with van der Waals surface area (Å²) in [5.74, 6) is -0.232. The first kappa shape index (κ1) is 22.4. The average molecular weight is 447 g/mol. The number of fused-ring (bicyclic) bond motifs is 1. The number of hydrogen-bond donors (Lipinski definition) is 2. The Balaban J connectivity index is 2.06. The largest absolute Gasteiger partial charge is 0.356 e. The minimum Gasteiger partial charge on any atom is -0.356 e. The highest BCUT2D eigenvalue weighted by Gasteiger charge is 2.40. The van der Waals surface area contributed by atoms with Crippen LogP contribution in [0, 0.1) is 0 Å². The Bertz CT molecular complexity index is 945. The van der Waals surface area contributed by atoms with Crippen molar-refractivity contribution in [2.45, 2.75) is 52.6 Å². The predicted octanol–water partition coefficient (Wildman–Crippen LogP) is 4.36. The minimum atomic E-state index is -0.396. The van der Waals surface area contributed by atoms with Crippen molar-refractivity contribution in [1.82, 2.24) is 15.5 Å². The summed E-state index contributed by atoms with van der Waals surface area (Å²) >= 11 is 7.58. The number of aliphatic imine (C=N–C) groups is 1. The summed E-state index contributed by atoms with van der Waals surface area (Å²) < 4.78 is 0. The van der Waals surface area contributed by atoms with E-state index in [2.05, 4.69) is 15.6 Å². The van der Waals surface area contributed by atoms with Crippen LogP contribution in [0.4, 0.5) is 0 Å². The van der Waals surface area contributed by atoms with Crippen LogP contribution in [0.1, 0.15) is 52.6 Å². The Hall–Kier alpha value is -2.25. The van der Waals surface area contributed by atoms with Gasteiger partial charge in [-0.15, -0.1) is 0 Å². The smallest absolute Gasteiger partial charge is 0.251 e. The molecule has 0 bridgehead atoms. The van der Waals surface area contributed by atoms with Gasteiger partial charge in [0.2, 0.25) is 5.91 Å². The zero-order valence-corrected chi connectivity index (χ0v) is 19.4. The van der Waals surface area contributed by atoms with Gasteiger partial charge in [0, 0.05) is 22.8 Å². The van der Waals surface area contributed by atoms with E-state index in [4.69, 9.17) is 11.6 Å². The molecule has 2 N–H and O–H groups in total. The molecule has 1 unspecified atom stereocenters. The minimum absolute atomic E-state index is 0.0626. The number of amides is 2. The molecule has 2 heterocycles. The van der Waals surface area contributed by atoms with Gasteiger partial charge in [-0.1, -0.05) is 35.5 Å². The van der Waals surface area contributed by atoms with Crippen molar-refractivity contribution < 1.29 is 9.59 Å². The molecule has 160 valence electrons. The molecule has 0 saturated heterocycles. The van der Waals surface area contributed by atoms with Gasteiger partial charge < -0.3 is 15.5 Å². The van der Waals surface area contributed by atoms with Gasteiger partial charge in [-0.2, -0.15) is 0 Å². The molecule has 0 aromatic heterocycles. The van der Waals surface area contributed by atoms with Crippen molar-refractivity contribution in [3.63, 3.8) is 0 Å². The quantitative estimate of drug-likeness (QED) is 0.704. The Kier molecular flexibility index (Phi) is 6.62. The Labute approximate surface area is 186 Å². The third-order valence-electron chi connectivity index (χ3n) is 4.64. The lowest BCUT2D eigenvalue weighted by atomic mass is 9.92. The number of halogens is 1. The molecular weight excluding hydrogens is 420 g/mol. The van der Waals surface area contributed by atoms with Crippen LogP contribution in [0.5, 0.6) is 0 Å². The zero-order chi connectivity index (χ0) is 22.1. The fourth-order valence-corrected chi connectivity index (χ4v) is 4.54. The number of carbonyl (C=O) groups is 2. The number of benzene rings is 1. The third-order valence-corrected chi connectivity index (χ3v) is 5.78. The number of carbonyl (C=O) groups excluding carboxylic acids is 2. The lowest BCUT2D eigenvalue weighted by Crippen LogP contribution is -2.46. The van der Waals surface area contributed by atoms with Gasteiger partial charge in [-0.3, -0.25) is 9.59 Å². The molecule has 2 aliphatic heterocycles. The Morgan fingerprint density at radius 3 is 2.50 bits per heavy atom. The van der Waals surface area contributed by atoms with Gasteiger partial charge in [0.25, 0.3) is 5.91 Å². The summed E-state index contributed by atoms with van der Waals surface area (Å²) in [5.41, 5.74) is 2.58.